The van der Waals surface area contributed by atoms with Crippen LogP contribution in [0.3, 0.4) is 0 Å². The molecular weight excluding hydrogens is 404 g/mol. The van der Waals surface area contributed by atoms with Crippen LogP contribution in [-0.4, -0.2) is 41.4 Å². The maximum Gasteiger partial charge on any atom is 0.248 e. The summed E-state index contributed by atoms with van der Waals surface area (Å²) in [7, 11) is 1.93. The van der Waals surface area contributed by atoms with Gasteiger partial charge in [0.05, 0.1) is 18.8 Å². The van der Waals surface area contributed by atoms with Gasteiger partial charge in [0, 0.05) is 19.7 Å². The number of anilines is 2. The molecule has 168 valence electrons. The number of amides is 2. The number of hydrogen-bond acceptors (Lipinski definition) is 5. The molecule has 1 aromatic carbocycles. The molecule has 31 heavy (non-hydrogen) atoms. The van der Waals surface area contributed by atoms with Crippen LogP contribution in [0.15, 0.2) is 30.6 Å². The van der Waals surface area contributed by atoms with E-state index in [1.54, 1.807) is 6.20 Å². The Morgan fingerprint density at radius 1 is 1.06 bits per heavy atom. The highest BCUT2D eigenvalue weighted by molar-refractivity contribution is 5.96. The molecule has 0 saturated carbocycles. The first-order chi connectivity index (χ1) is 14.8. The molecule has 1 aromatic heterocycles. The monoisotopic (exact) mass is 433 g/mol. The number of aromatic nitrogens is 2. The van der Waals surface area contributed by atoms with Crippen LogP contribution in [0.4, 0.5) is 20.4 Å². The molecule has 2 N–H and O–H groups in total. The van der Waals surface area contributed by atoms with Gasteiger partial charge in [-0.1, -0.05) is 26.7 Å². The van der Waals surface area contributed by atoms with Crippen LogP contribution in [0.2, 0.25) is 0 Å². The summed E-state index contributed by atoms with van der Waals surface area (Å²) in [5.41, 5.74) is 0.194. The van der Waals surface area contributed by atoms with Gasteiger partial charge in [0.15, 0.2) is 5.82 Å². The maximum absolute atomic E-state index is 13.3. The quantitative estimate of drug-likeness (QED) is 0.567. The topological polar surface area (TPSA) is 87.2 Å². The predicted octanol–water partition coefficient (Wildman–Crippen LogP) is 3.46. The van der Waals surface area contributed by atoms with Crippen LogP contribution in [0.1, 0.15) is 45.1 Å². The molecule has 0 aliphatic carbocycles. The smallest absolute Gasteiger partial charge is 0.248 e. The number of carbonyl (C=O) groups excluding carboxylic acids is 2. The summed E-state index contributed by atoms with van der Waals surface area (Å²) in [5, 5.41) is 5.28. The van der Waals surface area contributed by atoms with Crippen LogP contribution in [0, 0.1) is 11.6 Å². The second-order valence-electron chi connectivity index (χ2n) is 7.39. The minimum atomic E-state index is -0.801. The molecule has 0 spiro atoms. The van der Waals surface area contributed by atoms with Gasteiger partial charge in [-0.25, -0.2) is 18.7 Å². The summed E-state index contributed by atoms with van der Waals surface area (Å²) >= 11 is 0. The fourth-order valence-electron chi connectivity index (χ4n) is 3.01. The van der Waals surface area contributed by atoms with Crippen molar-refractivity contribution < 1.29 is 18.4 Å². The zero-order chi connectivity index (χ0) is 22.8. The van der Waals surface area contributed by atoms with Crippen molar-refractivity contribution in [2.45, 2.75) is 52.0 Å². The van der Waals surface area contributed by atoms with Crippen molar-refractivity contribution in [3.05, 3.63) is 47.8 Å². The largest absolute Gasteiger partial charge is 0.358 e. The van der Waals surface area contributed by atoms with Crippen LogP contribution in [0.5, 0.6) is 0 Å². The Morgan fingerprint density at radius 3 is 2.35 bits per heavy atom. The van der Waals surface area contributed by atoms with Crippen molar-refractivity contribution in [2.75, 3.05) is 23.8 Å². The van der Waals surface area contributed by atoms with Gasteiger partial charge >= 0.3 is 0 Å². The lowest BCUT2D eigenvalue weighted by Crippen LogP contribution is -2.44. The first kappa shape index (κ1) is 24.2. The number of hydrogen-bond donors (Lipinski definition) is 2. The Labute approximate surface area is 181 Å². The highest BCUT2D eigenvalue weighted by atomic mass is 19.1. The molecule has 0 bridgehead atoms. The predicted molar refractivity (Wildman–Crippen MR) is 116 cm³/mol. The average molecular weight is 434 g/mol. The zero-order valence-corrected chi connectivity index (χ0v) is 18.1. The van der Waals surface area contributed by atoms with Gasteiger partial charge in [-0.15, -0.1) is 0 Å². The molecule has 0 fully saturated rings. The molecule has 9 heteroatoms. The second kappa shape index (κ2) is 11.9. The molecule has 0 radical (unpaired) electrons. The van der Waals surface area contributed by atoms with E-state index in [4.69, 9.17) is 0 Å². The first-order valence-corrected chi connectivity index (χ1v) is 10.4. The standard InChI is InChI=1S/C22H29F2N5O2/c1-4-6-8-29(3)20-14-25-19(13-26-20)28-22(31)18(7-5-2)27-21(30)11-15-9-16(23)12-17(24)10-15/h9-10,12-14,18H,4-8,11H2,1-3H3,(H,27,30)(H,25,28,31). The number of unbranched alkanes of at least 4 members (excludes halogenated alkanes) is 1. The van der Waals surface area contributed by atoms with Crippen molar-refractivity contribution in [3.8, 4) is 0 Å². The number of nitrogens with zero attached hydrogens (tertiary/aromatic N) is 3. The van der Waals surface area contributed by atoms with E-state index in [0.717, 1.165) is 37.6 Å². The molecule has 2 rings (SSSR count). The van der Waals surface area contributed by atoms with E-state index in [-0.39, 0.29) is 17.8 Å². The van der Waals surface area contributed by atoms with Gasteiger partial charge in [0.25, 0.3) is 0 Å². The zero-order valence-electron chi connectivity index (χ0n) is 18.1. The molecule has 0 saturated heterocycles. The molecule has 1 atom stereocenters. The van der Waals surface area contributed by atoms with E-state index in [1.807, 2.05) is 18.9 Å². The molecule has 0 aliphatic rings. The molecular formula is C22H29F2N5O2. The Bertz CT molecular complexity index is 856. The van der Waals surface area contributed by atoms with E-state index in [9.17, 15) is 18.4 Å². The van der Waals surface area contributed by atoms with Crippen molar-refractivity contribution in [1.82, 2.24) is 15.3 Å². The Balaban J connectivity index is 1.97. The number of nitrogens with one attached hydrogen (secondary N) is 2. The molecule has 1 unspecified atom stereocenters. The van der Waals surface area contributed by atoms with E-state index >= 15 is 0 Å². The fourth-order valence-corrected chi connectivity index (χ4v) is 3.01. The normalized spacial score (nSPS) is 11.6. The Morgan fingerprint density at radius 2 is 1.77 bits per heavy atom. The van der Waals surface area contributed by atoms with Gasteiger partial charge in [-0.3, -0.25) is 9.59 Å². The summed E-state index contributed by atoms with van der Waals surface area (Å²) in [6.07, 6.45) is 5.98. The van der Waals surface area contributed by atoms with Crippen molar-refractivity contribution in [2.24, 2.45) is 0 Å². The molecule has 0 aliphatic heterocycles. The summed E-state index contributed by atoms with van der Waals surface area (Å²) in [6, 6.07) is 2.12. The Kier molecular flexibility index (Phi) is 9.30. The summed E-state index contributed by atoms with van der Waals surface area (Å²) < 4.78 is 26.6. The van der Waals surface area contributed by atoms with E-state index in [1.165, 1.54) is 6.20 Å². The molecule has 1 heterocycles. The first-order valence-electron chi connectivity index (χ1n) is 10.4. The van der Waals surface area contributed by atoms with Gasteiger partial charge < -0.3 is 15.5 Å². The lowest BCUT2D eigenvalue weighted by Gasteiger charge is -2.19. The average Bonchev–Trinajstić information content (AvgIpc) is 2.71. The third-order valence-electron chi connectivity index (χ3n) is 4.64. The SMILES string of the molecule is CCCCN(C)c1cnc(NC(=O)C(CCC)NC(=O)Cc2cc(F)cc(F)c2)cn1. The number of halogens is 2. The van der Waals surface area contributed by atoms with Crippen LogP contribution in [0.25, 0.3) is 0 Å². The summed E-state index contributed by atoms with van der Waals surface area (Å²) in [6.45, 7) is 4.85. The third kappa shape index (κ3) is 7.92. The summed E-state index contributed by atoms with van der Waals surface area (Å²) in [5.74, 6) is -1.46. The van der Waals surface area contributed by atoms with Gasteiger partial charge in [0.1, 0.15) is 23.5 Å². The van der Waals surface area contributed by atoms with E-state index < -0.39 is 29.5 Å². The highest BCUT2D eigenvalue weighted by Crippen LogP contribution is 2.12. The number of rotatable bonds is 11. The van der Waals surface area contributed by atoms with E-state index in [0.29, 0.717) is 18.7 Å². The lowest BCUT2D eigenvalue weighted by molar-refractivity contribution is -0.126. The van der Waals surface area contributed by atoms with Gasteiger partial charge in [-0.2, -0.15) is 0 Å². The van der Waals surface area contributed by atoms with Crippen molar-refractivity contribution in [3.63, 3.8) is 0 Å². The van der Waals surface area contributed by atoms with Gasteiger partial charge in [-0.05, 0) is 30.5 Å². The number of carbonyl (C=O) groups is 2. The highest BCUT2D eigenvalue weighted by Gasteiger charge is 2.21. The van der Waals surface area contributed by atoms with Crippen LogP contribution < -0.4 is 15.5 Å². The number of benzene rings is 1. The fraction of sp³-hybridized carbons (Fsp3) is 0.455. The van der Waals surface area contributed by atoms with Crippen molar-refractivity contribution in [1.29, 1.82) is 0 Å². The van der Waals surface area contributed by atoms with Gasteiger partial charge in [0.2, 0.25) is 11.8 Å². The summed E-state index contributed by atoms with van der Waals surface area (Å²) in [4.78, 5) is 35.5. The third-order valence-corrected chi connectivity index (χ3v) is 4.64. The lowest BCUT2D eigenvalue weighted by atomic mass is 10.1. The molecule has 2 aromatic rings. The minimum absolute atomic E-state index is 0.194. The maximum atomic E-state index is 13.3. The van der Waals surface area contributed by atoms with Crippen molar-refractivity contribution >= 4 is 23.5 Å². The molecule has 2 amide bonds. The Hall–Kier alpha value is -3.10. The van der Waals surface area contributed by atoms with E-state index in [2.05, 4.69) is 27.5 Å². The minimum Gasteiger partial charge on any atom is -0.358 e. The second-order valence-corrected chi connectivity index (χ2v) is 7.39. The van der Waals surface area contributed by atoms with Crippen LogP contribution in [-0.2, 0) is 16.0 Å². The molecule has 7 nitrogen and oxygen atoms in total. The van der Waals surface area contributed by atoms with Crippen LogP contribution >= 0.6 is 0 Å².